The van der Waals surface area contributed by atoms with E-state index in [2.05, 4.69) is 0 Å². The van der Waals surface area contributed by atoms with Crippen molar-refractivity contribution in [2.24, 2.45) is 0 Å². The molecule has 0 aliphatic heterocycles. The smallest absolute Gasteiger partial charge is 0.129 e. The van der Waals surface area contributed by atoms with Crippen molar-refractivity contribution >= 4 is 5.69 Å². The van der Waals surface area contributed by atoms with Crippen molar-refractivity contribution in [1.29, 1.82) is 0 Å². The van der Waals surface area contributed by atoms with Crippen LogP contribution in [0.15, 0.2) is 47.1 Å². The first-order valence-corrected chi connectivity index (χ1v) is 5.39. The lowest BCUT2D eigenvalue weighted by molar-refractivity contribution is 0.0214. The minimum atomic E-state index is -0.673. The number of nitrogen functional groups attached to an aromatic ring is 1. The Morgan fingerprint density at radius 1 is 1.29 bits per heavy atom. The van der Waals surface area contributed by atoms with Crippen molar-refractivity contribution in [3.63, 3.8) is 0 Å². The third-order valence-electron chi connectivity index (χ3n) is 2.40. The van der Waals surface area contributed by atoms with E-state index in [1.807, 2.05) is 12.1 Å². The maximum Gasteiger partial charge on any atom is 0.129 e. The lowest BCUT2D eigenvalue weighted by Gasteiger charge is -2.11. The Morgan fingerprint density at radius 2 is 2.18 bits per heavy atom. The molecule has 0 saturated carbocycles. The van der Waals surface area contributed by atoms with Crippen LogP contribution in [0.5, 0.6) is 0 Å². The molecule has 90 valence electrons. The maximum absolute atomic E-state index is 9.86. The Morgan fingerprint density at radius 3 is 2.88 bits per heavy atom. The van der Waals surface area contributed by atoms with Crippen LogP contribution in [0.3, 0.4) is 0 Å². The van der Waals surface area contributed by atoms with E-state index in [1.54, 1.807) is 30.5 Å². The van der Waals surface area contributed by atoms with E-state index < -0.39 is 6.10 Å². The number of hydrogen-bond donors (Lipinski definition) is 2. The van der Waals surface area contributed by atoms with Gasteiger partial charge in [-0.15, -0.1) is 0 Å². The highest BCUT2D eigenvalue weighted by molar-refractivity contribution is 5.41. The molecular weight excluding hydrogens is 218 g/mol. The van der Waals surface area contributed by atoms with Crippen LogP contribution in [-0.2, 0) is 11.3 Å². The standard InChI is InChI=1S/C13H15NO3/c14-11-4-1-3-10(7-11)13(15)9-16-8-12-5-2-6-17-12/h1-7,13,15H,8-9,14H2. The zero-order chi connectivity index (χ0) is 12.1. The molecule has 1 atom stereocenters. The van der Waals surface area contributed by atoms with Crippen molar-refractivity contribution in [1.82, 2.24) is 0 Å². The number of ether oxygens (including phenoxy) is 1. The number of nitrogens with two attached hydrogens (primary N) is 1. The predicted octanol–water partition coefficient (Wildman–Crippen LogP) is 2.11. The molecule has 0 bridgehead atoms. The van der Waals surface area contributed by atoms with Crippen LogP contribution in [0.4, 0.5) is 5.69 Å². The van der Waals surface area contributed by atoms with Crippen molar-refractivity contribution in [3.8, 4) is 0 Å². The van der Waals surface area contributed by atoms with Crippen molar-refractivity contribution < 1.29 is 14.3 Å². The Labute approximate surface area is 99.6 Å². The topological polar surface area (TPSA) is 68.6 Å². The largest absolute Gasteiger partial charge is 0.467 e. The summed E-state index contributed by atoms with van der Waals surface area (Å²) >= 11 is 0. The van der Waals surface area contributed by atoms with Gasteiger partial charge in [-0.25, -0.2) is 0 Å². The third kappa shape index (κ3) is 3.34. The summed E-state index contributed by atoms with van der Waals surface area (Å²) in [5, 5.41) is 9.86. The summed E-state index contributed by atoms with van der Waals surface area (Å²) in [7, 11) is 0. The average molecular weight is 233 g/mol. The summed E-state index contributed by atoms with van der Waals surface area (Å²) < 4.78 is 10.5. The second kappa shape index (κ2) is 5.52. The first-order chi connectivity index (χ1) is 8.25. The Bertz CT molecular complexity index is 453. The molecule has 0 spiro atoms. The van der Waals surface area contributed by atoms with Gasteiger partial charge in [0.1, 0.15) is 18.5 Å². The van der Waals surface area contributed by atoms with Gasteiger partial charge in [0.15, 0.2) is 0 Å². The second-order valence-electron chi connectivity index (χ2n) is 3.78. The molecule has 4 nitrogen and oxygen atoms in total. The highest BCUT2D eigenvalue weighted by Gasteiger charge is 2.08. The third-order valence-corrected chi connectivity index (χ3v) is 2.40. The van der Waals surface area contributed by atoms with E-state index in [9.17, 15) is 5.11 Å². The molecule has 1 aromatic carbocycles. The van der Waals surface area contributed by atoms with Crippen LogP contribution in [-0.4, -0.2) is 11.7 Å². The van der Waals surface area contributed by atoms with E-state index in [0.29, 0.717) is 12.3 Å². The molecule has 1 unspecified atom stereocenters. The van der Waals surface area contributed by atoms with Gasteiger partial charge < -0.3 is 20.0 Å². The number of anilines is 1. The zero-order valence-electron chi connectivity index (χ0n) is 9.37. The number of hydrogen-bond acceptors (Lipinski definition) is 4. The average Bonchev–Trinajstić information content (AvgIpc) is 2.82. The minimum absolute atomic E-state index is 0.212. The van der Waals surface area contributed by atoms with Gasteiger partial charge in [0.25, 0.3) is 0 Å². The van der Waals surface area contributed by atoms with Gasteiger partial charge in [0.05, 0.1) is 12.9 Å². The van der Waals surface area contributed by atoms with E-state index in [0.717, 1.165) is 11.3 Å². The zero-order valence-corrected chi connectivity index (χ0v) is 9.37. The van der Waals surface area contributed by atoms with Crippen molar-refractivity contribution in [2.45, 2.75) is 12.7 Å². The Balaban J connectivity index is 1.83. The van der Waals surface area contributed by atoms with Gasteiger partial charge in [-0.3, -0.25) is 0 Å². The molecule has 0 amide bonds. The monoisotopic (exact) mass is 233 g/mol. The fraction of sp³-hybridized carbons (Fsp3) is 0.231. The second-order valence-corrected chi connectivity index (χ2v) is 3.78. The van der Waals surface area contributed by atoms with Gasteiger partial charge >= 0.3 is 0 Å². The molecule has 1 aromatic heterocycles. The highest BCUT2D eigenvalue weighted by Crippen LogP contribution is 2.16. The van der Waals surface area contributed by atoms with E-state index >= 15 is 0 Å². The summed E-state index contributed by atoms with van der Waals surface area (Å²) in [6.07, 6.45) is 0.918. The van der Waals surface area contributed by atoms with Gasteiger partial charge in [-0.1, -0.05) is 12.1 Å². The van der Waals surface area contributed by atoms with Crippen molar-refractivity contribution in [3.05, 3.63) is 54.0 Å². The van der Waals surface area contributed by atoms with Gasteiger partial charge in [0.2, 0.25) is 0 Å². The maximum atomic E-state index is 9.86. The molecule has 3 N–H and O–H groups in total. The predicted molar refractivity (Wildman–Crippen MR) is 64.2 cm³/mol. The molecular formula is C13H15NO3. The number of rotatable bonds is 5. The molecule has 2 rings (SSSR count). The number of aliphatic hydroxyl groups excluding tert-OH is 1. The molecule has 17 heavy (non-hydrogen) atoms. The molecule has 0 saturated heterocycles. The quantitative estimate of drug-likeness (QED) is 0.776. The summed E-state index contributed by atoms with van der Waals surface area (Å²) in [6.45, 7) is 0.566. The number of aliphatic hydroxyl groups is 1. The molecule has 0 aliphatic carbocycles. The van der Waals surface area contributed by atoms with Crippen LogP contribution in [0.2, 0.25) is 0 Å². The molecule has 4 heteroatoms. The number of furan rings is 1. The highest BCUT2D eigenvalue weighted by atomic mass is 16.5. The molecule has 0 radical (unpaired) electrons. The van der Waals surface area contributed by atoms with Crippen LogP contribution < -0.4 is 5.73 Å². The fourth-order valence-electron chi connectivity index (χ4n) is 1.53. The van der Waals surface area contributed by atoms with Crippen LogP contribution in [0.25, 0.3) is 0 Å². The summed E-state index contributed by atoms with van der Waals surface area (Å²) in [6, 6.07) is 10.8. The molecule has 0 aliphatic rings. The normalized spacial score (nSPS) is 12.5. The molecule has 0 fully saturated rings. The number of benzene rings is 1. The summed E-state index contributed by atoms with van der Waals surface area (Å²) in [5.74, 6) is 0.741. The van der Waals surface area contributed by atoms with E-state index in [4.69, 9.17) is 14.9 Å². The minimum Gasteiger partial charge on any atom is -0.467 e. The Kier molecular flexibility index (Phi) is 3.80. The first kappa shape index (κ1) is 11.7. The van der Waals surface area contributed by atoms with E-state index in [1.165, 1.54) is 0 Å². The van der Waals surface area contributed by atoms with E-state index in [-0.39, 0.29) is 6.61 Å². The summed E-state index contributed by atoms with van der Waals surface area (Å²) in [4.78, 5) is 0. The van der Waals surface area contributed by atoms with Crippen LogP contribution in [0.1, 0.15) is 17.4 Å². The van der Waals surface area contributed by atoms with Crippen LogP contribution >= 0.6 is 0 Å². The van der Waals surface area contributed by atoms with Gasteiger partial charge in [0, 0.05) is 5.69 Å². The van der Waals surface area contributed by atoms with Crippen LogP contribution in [0, 0.1) is 0 Å². The lowest BCUT2D eigenvalue weighted by atomic mass is 10.1. The van der Waals surface area contributed by atoms with Gasteiger partial charge in [-0.05, 0) is 29.8 Å². The van der Waals surface area contributed by atoms with Gasteiger partial charge in [-0.2, -0.15) is 0 Å². The SMILES string of the molecule is Nc1cccc(C(O)COCc2ccco2)c1. The van der Waals surface area contributed by atoms with Crippen molar-refractivity contribution in [2.75, 3.05) is 12.3 Å². The molecule has 1 heterocycles. The lowest BCUT2D eigenvalue weighted by Crippen LogP contribution is -2.07. The first-order valence-electron chi connectivity index (χ1n) is 5.39. The Hall–Kier alpha value is -1.78. The molecule has 2 aromatic rings. The fourth-order valence-corrected chi connectivity index (χ4v) is 1.53. The summed E-state index contributed by atoms with van der Waals surface area (Å²) in [5.41, 5.74) is 7.02.